The third-order valence-electron chi connectivity index (χ3n) is 4.41. The predicted octanol–water partition coefficient (Wildman–Crippen LogP) is 3.17. The minimum Gasteiger partial charge on any atom is -0.464 e. The highest BCUT2D eigenvalue weighted by molar-refractivity contribution is 6.25. The monoisotopic (exact) mass is 404 g/mol. The molecule has 1 saturated carbocycles. The number of Topliss-reactive ketones (excluding diaryl/α,β-unsaturated/α-hetero) is 3. The van der Waals surface area contributed by atoms with Gasteiger partial charge in [-0.2, -0.15) is 18.2 Å². The van der Waals surface area contributed by atoms with Crippen LogP contribution in [0, 0.1) is 17.8 Å². The predicted molar refractivity (Wildman–Crippen MR) is 95.2 cm³/mol. The van der Waals surface area contributed by atoms with Crippen LogP contribution in [0.3, 0.4) is 0 Å². The standard InChI is InChI=1S/C20H15F3N2O4/c1-2-3-9-29-15-8-7-11-10-12(18(20(21,22)23)25-19(11)24-15)17(28)16-13(26)5-4-6-14(16)27/h7-8,10,16H,4-6,9H2,1H3. The second-order valence-electron chi connectivity index (χ2n) is 6.38. The summed E-state index contributed by atoms with van der Waals surface area (Å²) in [5, 5.41) is 0.144. The molecule has 6 nitrogen and oxygen atoms in total. The van der Waals surface area contributed by atoms with Crippen LogP contribution in [0.4, 0.5) is 13.2 Å². The summed E-state index contributed by atoms with van der Waals surface area (Å²) in [6.07, 6.45) is -4.73. The highest BCUT2D eigenvalue weighted by Crippen LogP contribution is 2.34. The minimum atomic E-state index is -4.98. The molecule has 1 aliphatic rings. The van der Waals surface area contributed by atoms with E-state index in [0.717, 1.165) is 6.07 Å². The fourth-order valence-corrected chi connectivity index (χ4v) is 3.05. The van der Waals surface area contributed by atoms with E-state index in [-0.39, 0.29) is 36.4 Å². The first-order valence-corrected chi connectivity index (χ1v) is 8.73. The Kier molecular flexibility index (Phi) is 5.64. The van der Waals surface area contributed by atoms with Gasteiger partial charge in [0.1, 0.15) is 5.92 Å². The first-order chi connectivity index (χ1) is 13.7. The van der Waals surface area contributed by atoms with E-state index in [1.807, 2.05) is 0 Å². The molecule has 9 heteroatoms. The number of carbonyl (C=O) groups is 3. The molecule has 0 radical (unpaired) electrons. The lowest BCUT2D eigenvalue weighted by atomic mass is 9.81. The maximum absolute atomic E-state index is 13.6. The molecule has 0 aliphatic heterocycles. The smallest absolute Gasteiger partial charge is 0.434 e. The topological polar surface area (TPSA) is 86.2 Å². The van der Waals surface area contributed by atoms with E-state index < -0.39 is 40.7 Å². The number of pyridine rings is 2. The number of ketones is 3. The quantitative estimate of drug-likeness (QED) is 0.442. The third kappa shape index (κ3) is 4.26. The lowest BCUT2D eigenvalue weighted by Gasteiger charge is -2.20. The molecule has 3 rings (SSSR count). The molecule has 0 amide bonds. The molecule has 0 aromatic carbocycles. The zero-order valence-electron chi connectivity index (χ0n) is 15.3. The van der Waals surface area contributed by atoms with Gasteiger partial charge in [-0.3, -0.25) is 14.4 Å². The lowest BCUT2D eigenvalue weighted by molar-refractivity contribution is -0.142. The van der Waals surface area contributed by atoms with Crippen molar-refractivity contribution in [2.75, 3.05) is 6.61 Å². The van der Waals surface area contributed by atoms with Gasteiger partial charge in [0.15, 0.2) is 35.3 Å². The first-order valence-electron chi connectivity index (χ1n) is 8.73. The summed E-state index contributed by atoms with van der Waals surface area (Å²) in [6.45, 7) is 1.61. The maximum atomic E-state index is 13.6. The van der Waals surface area contributed by atoms with Crippen LogP contribution in [0.2, 0.25) is 0 Å². The second kappa shape index (κ2) is 7.99. The number of rotatable bonds is 4. The van der Waals surface area contributed by atoms with Gasteiger partial charge in [-0.1, -0.05) is 5.92 Å². The van der Waals surface area contributed by atoms with Crippen molar-refractivity contribution >= 4 is 28.4 Å². The highest BCUT2D eigenvalue weighted by atomic mass is 19.4. The number of alkyl halides is 3. The van der Waals surface area contributed by atoms with Gasteiger partial charge >= 0.3 is 6.18 Å². The van der Waals surface area contributed by atoms with E-state index in [1.54, 1.807) is 6.92 Å². The number of carbonyl (C=O) groups excluding carboxylic acids is 3. The van der Waals surface area contributed by atoms with Crippen LogP contribution >= 0.6 is 0 Å². The molecule has 0 bridgehead atoms. The third-order valence-corrected chi connectivity index (χ3v) is 4.41. The Bertz CT molecular complexity index is 1050. The Morgan fingerprint density at radius 2 is 1.90 bits per heavy atom. The molecule has 1 fully saturated rings. The first kappa shape index (κ1) is 20.5. The minimum absolute atomic E-state index is 0.00358. The lowest BCUT2D eigenvalue weighted by Crippen LogP contribution is -2.36. The Balaban J connectivity index is 2.09. The van der Waals surface area contributed by atoms with Gasteiger partial charge in [0.05, 0.1) is 5.56 Å². The summed E-state index contributed by atoms with van der Waals surface area (Å²) in [5.41, 5.74) is -2.58. The van der Waals surface area contributed by atoms with Crippen LogP contribution in [0.15, 0.2) is 18.2 Å². The molecule has 2 aromatic heterocycles. The second-order valence-corrected chi connectivity index (χ2v) is 6.38. The number of halogens is 3. The Morgan fingerprint density at radius 3 is 2.52 bits per heavy atom. The highest BCUT2D eigenvalue weighted by Gasteiger charge is 2.43. The van der Waals surface area contributed by atoms with Crippen LogP contribution in [0.25, 0.3) is 11.0 Å². The molecule has 150 valence electrons. The number of nitrogens with zero attached hydrogens (tertiary/aromatic N) is 2. The number of hydrogen-bond donors (Lipinski definition) is 0. The summed E-state index contributed by atoms with van der Waals surface area (Å²) in [4.78, 5) is 44.2. The molecule has 29 heavy (non-hydrogen) atoms. The average Bonchev–Trinajstić information content (AvgIpc) is 2.66. The van der Waals surface area contributed by atoms with Crippen LogP contribution in [0.5, 0.6) is 5.88 Å². The van der Waals surface area contributed by atoms with Crippen molar-refractivity contribution in [1.29, 1.82) is 0 Å². The van der Waals surface area contributed by atoms with Gasteiger partial charge in [0.25, 0.3) is 0 Å². The van der Waals surface area contributed by atoms with Crippen LogP contribution in [0.1, 0.15) is 42.2 Å². The molecular weight excluding hydrogens is 389 g/mol. The van der Waals surface area contributed by atoms with Gasteiger partial charge in [0, 0.05) is 24.3 Å². The van der Waals surface area contributed by atoms with Gasteiger partial charge in [0.2, 0.25) is 5.88 Å². The fraction of sp³-hybridized carbons (Fsp3) is 0.350. The molecule has 0 N–H and O–H groups in total. The van der Waals surface area contributed by atoms with Crippen molar-refractivity contribution in [1.82, 2.24) is 9.97 Å². The number of aromatic nitrogens is 2. The Labute approximate surface area is 163 Å². The Hall–Kier alpha value is -3.28. The van der Waals surface area contributed by atoms with Crippen LogP contribution in [-0.2, 0) is 15.8 Å². The molecule has 0 spiro atoms. The van der Waals surface area contributed by atoms with Crippen molar-refractivity contribution in [2.45, 2.75) is 32.4 Å². The van der Waals surface area contributed by atoms with Gasteiger partial charge in [-0.25, -0.2) is 4.98 Å². The van der Waals surface area contributed by atoms with E-state index in [9.17, 15) is 27.6 Å². The number of fused-ring (bicyclic) bond motifs is 1. The van der Waals surface area contributed by atoms with Crippen molar-refractivity contribution in [3.63, 3.8) is 0 Å². The van der Waals surface area contributed by atoms with Gasteiger partial charge < -0.3 is 4.74 Å². The molecule has 1 aliphatic carbocycles. The number of ether oxygens (including phenoxy) is 1. The summed E-state index contributed by atoms with van der Waals surface area (Å²) in [5.74, 6) is 1.02. The van der Waals surface area contributed by atoms with Gasteiger partial charge in [-0.05, 0) is 25.5 Å². The van der Waals surface area contributed by atoms with E-state index in [1.165, 1.54) is 12.1 Å². The molecule has 0 atom stereocenters. The average molecular weight is 404 g/mol. The number of hydrogen-bond acceptors (Lipinski definition) is 6. The molecule has 0 unspecified atom stereocenters. The molecular formula is C20H15F3N2O4. The zero-order chi connectivity index (χ0) is 21.2. The SMILES string of the molecule is CC#CCOc1ccc2cc(C(=O)C3C(=O)CCCC3=O)c(C(F)(F)F)nc2n1. The van der Waals surface area contributed by atoms with Crippen molar-refractivity contribution < 1.29 is 32.3 Å². The molecule has 2 aromatic rings. The van der Waals surface area contributed by atoms with Crippen LogP contribution in [-0.4, -0.2) is 33.9 Å². The summed E-state index contributed by atoms with van der Waals surface area (Å²) >= 11 is 0. The molecule has 0 saturated heterocycles. The van der Waals surface area contributed by atoms with E-state index in [2.05, 4.69) is 21.8 Å². The van der Waals surface area contributed by atoms with E-state index in [4.69, 9.17) is 4.74 Å². The van der Waals surface area contributed by atoms with E-state index >= 15 is 0 Å². The van der Waals surface area contributed by atoms with Gasteiger partial charge in [-0.15, -0.1) is 5.92 Å². The van der Waals surface area contributed by atoms with Crippen LogP contribution < -0.4 is 4.74 Å². The largest absolute Gasteiger partial charge is 0.464 e. The van der Waals surface area contributed by atoms with Crippen molar-refractivity contribution in [3.05, 3.63) is 29.5 Å². The summed E-state index contributed by atoms with van der Waals surface area (Å²) in [7, 11) is 0. The van der Waals surface area contributed by atoms with Crippen molar-refractivity contribution in [2.24, 2.45) is 5.92 Å². The fourth-order valence-electron chi connectivity index (χ4n) is 3.05. The zero-order valence-corrected chi connectivity index (χ0v) is 15.3. The van der Waals surface area contributed by atoms with Crippen molar-refractivity contribution in [3.8, 4) is 17.7 Å². The maximum Gasteiger partial charge on any atom is 0.434 e. The summed E-state index contributed by atoms with van der Waals surface area (Å²) in [6, 6.07) is 3.76. The van der Waals surface area contributed by atoms with E-state index in [0.29, 0.717) is 6.42 Å². The Morgan fingerprint density at radius 1 is 1.21 bits per heavy atom. The normalized spacial score (nSPS) is 15.2. The molecule has 2 heterocycles. The summed E-state index contributed by atoms with van der Waals surface area (Å²) < 4.78 is 46.0.